The van der Waals surface area contributed by atoms with Gasteiger partial charge in [0.15, 0.2) is 0 Å². The smallest absolute Gasteiger partial charge is 0.273 e. The predicted molar refractivity (Wildman–Crippen MR) is 154 cm³/mol. The first-order chi connectivity index (χ1) is 19.1. The summed E-state index contributed by atoms with van der Waals surface area (Å²) < 4.78 is 39.4. The molecule has 0 atom stereocenters. The number of aryl methyl sites for hydroxylation is 1. The first kappa shape index (κ1) is 29.2. The topological polar surface area (TPSA) is 140 Å². The molecule has 0 spiro atoms. The maximum absolute atomic E-state index is 13.7. The maximum atomic E-state index is 13.7. The van der Waals surface area contributed by atoms with Crippen LogP contribution in [0.2, 0.25) is 5.02 Å². The molecule has 0 bridgehead atoms. The van der Waals surface area contributed by atoms with Gasteiger partial charge in [-0.3, -0.25) is 19.2 Å². The lowest BCUT2D eigenvalue weighted by molar-refractivity contribution is -0.385. The first-order valence-electron chi connectivity index (χ1n) is 11.9. The molecule has 210 valence electrons. The van der Waals surface area contributed by atoms with Crippen LogP contribution in [0.1, 0.15) is 11.1 Å². The molecule has 14 heteroatoms. The molecule has 0 radical (unpaired) electrons. The fourth-order valence-corrected chi connectivity index (χ4v) is 5.86. The first-order valence-corrected chi connectivity index (χ1v) is 14.8. The van der Waals surface area contributed by atoms with E-state index in [1.54, 1.807) is 24.3 Å². The number of nitro groups is 1. The van der Waals surface area contributed by atoms with Crippen LogP contribution in [-0.4, -0.2) is 56.7 Å². The number of anilines is 1. The van der Waals surface area contributed by atoms with Crippen molar-refractivity contribution in [3.8, 4) is 11.5 Å². The number of thioether (sulfide) groups is 1. The van der Waals surface area contributed by atoms with E-state index in [-0.39, 0.29) is 38.7 Å². The minimum absolute atomic E-state index is 0.0298. The van der Waals surface area contributed by atoms with E-state index in [1.807, 2.05) is 11.8 Å². The van der Waals surface area contributed by atoms with E-state index in [2.05, 4.69) is 10.5 Å². The SMILES string of the molecule is COc1ccc(Cl)cc1N(CC(=O)N/N=C\c1ccc(OC2CSC2)cc1)S(=O)(=O)c1ccc(C)c([N+](=O)[O-])c1. The average molecular weight is 605 g/mol. The highest BCUT2D eigenvalue weighted by Gasteiger charge is 2.31. The van der Waals surface area contributed by atoms with Crippen LogP contribution in [-0.2, 0) is 14.8 Å². The summed E-state index contributed by atoms with van der Waals surface area (Å²) in [5.74, 6) is 2.01. The predicted octanol–water partition coefficient (Wildman–Crippen LogP) is 4.41. The molecule has 1 N–H and O–H groups in total. The van der Waals surface area contributed by atoms with Crippen molar-refractivity contribution in [2.75, 3.05) is 29.5 Å². The van der Waals surface area contributed by atoms with Gasteiger partial charge in [0.05, 0.1) is 28.8 Å². The Kier molecular flexibility index (Phi) is 9.17. The fraction of sp³-hybridized carbons (Fsp3) is 0.231. The van der Waals surface area contributed by atoms with E-state index < -0.39 is 27.4 Å². The second-order valence-corrected chi connectivity index (χ2v) is 12.0. The van der Waals surface area contributed by atoms with Crippen molar-refractivity contribution < 1.29 is 27.6 Å². The number of sulfonamides is 1. The van der Waals surface area contributed by atoms with Crippen LogP contribution in [0.5, 0.6) is 11.5 Å². The Morgan fingerprint density at radius 3 is 2.55 bits per heavy atom. The van der Waals surface area contributed by atoms with Crippen LogP contribution < -0.4 is 19.2 Å². The number of nitro benzene ring substituents is 1. The number of methoxy groups -OCH3 is 1. The van der Waals surface area contributed by atoms with Crippen molar-refractivity contribution in [3.63, 3.8) is 0 Å². The molecule has 1 amide bonds. The molecule has 0 unspecified atom stereocenters. The van der Waals surface area contributed by atoms with Crippen molar-refractivity contribution in [2.24, 2.45) is 5.10 Å². The van der Waals surface area contributed by atoms with Crippen LogP contribution in [0.25, 0.3) is 0 Å². The molecule has 1 fully saturated rings. The van der Waals surface area contributed by atoms with E-state index in [1.165, 1.54) is 50.6 Å². The van der Waals surface area contributed by atoms with Crippen LogP contribution in [0.3, 0.4) is 0 Å². The van der Waals surface area contributed by atoms with E-state index in [4.69, 9.17) is 21.1 Å². The minimum Gasteiger partial charge on any atom is -0.495 e. The zero-order valence-corrected chi connectivity index (χ0v) is 23.8. The number of amides is 1. The van der Waals surface area contributed by atoms with Crippen LogP contribution in [0, 0.1) is 17.0 Å². The quantitative estimate of drug-likeness (QED) is 0.193. The van der Waals surface area contributed by atoms with Gasteiger partial charge < -0.3 is 9.47 Å². The number of carbonyl (C=O) groups is 1. The molecular formula is C26H25ClN4O7S2. The number of benzene rings is 3. The lowest BCUT2D eigenvalue weighted by Crippen LogP contribution is -2.39. The summed E-state index contributed by atoms with van der Waals surface area (Å²) >= 11 is 7.96. The molecule has 1 heterocycles. The number of hydrogen-bond donors (Lipinski definition) is 1. The second-order valence-electron chi connectivity index (χ2n) is 8.67. The number of nitrogens with zero attached hydrogens (tertiary/aromatic N) is 3. The highest BCUT2D eigenvalue weighted by atomic mass is 35.5. The highest BCUT2D eigenvalue weighted by Crippen LogP contribution is 2.35. The van der Waals surface area contributed by atoms with E-state index >= 15 is 0 Å². The third-order valence-electron chi connectivity index (χ3n) is 5.86. The number of hydrazone groups is 1. The van der Waals surface area contributed by atoms with E-state index in [0.29, 0.717) is 5.56 Å². The van der Waals surface area contributed by atoms with Gasteiger partial charge >= 0.3 is 0 Å². The molecule has 1 saturated heterocycles. The number of hydrogen-bond acceptors (Lipinski definition) is 9. The molecule has 4 rings (SSSR count). The molecule has 3 aromatic rings. The molecular weight excluding hydrogens is 580 g/mol. The molecule has 0 aliphatic carbocycles. The van der Waals surface area contributed by atoms with Crippen molar-refractivity contribution in [3.05, 3.63) is 86.9 Å². The second kappa shape index (κ2) is 12.6. The van der Waals surface area contributed by atoms with Crippen molar-refractivity contribution in [2.45, 2.75) is 17.9 Å². The summed E-state index contributed by atoms with van der Waals surface area (Å²) in [6.07, 6.45) is 1.62. The number of carbonyl (C=O) groups excluding carboxylic acids is 1. The van der Waals surface area contributed by atoms with Gasteiger partial charge in [-0.1, -0.05) is 17.7 Å². The Morgan fingerprint density at radius 2 is 1.93 bits per heavy atom. The fourth-order valence-electron chi connectivity index (χ4n) is 3.68. The van der Waals surface area contributed by atoms with Gasteiger partial charge in [0, 0.05) is 28.2 Å². The molecule has 11 nitrogen and oxygen atoms in total. The monoisotopic (exact) mass is 604 g/mol. The Balaban J connectivity index is 1.57. The normalized spacial score (nSPS) is 13.5. The highest BCUT2D eigenvalue weighted by molar-refractivity contribution is 8.00. The Hall–Kier alpha value is -3.81. The Labute approximate surface area is 240 Å². The van der Waals surface area contributed by atoms with Crippen molar-refractivity contribution in [1.82, 2.24) is 5.43 Å². The molecule has 0 saturated carbocycles. The number of halogens is 1. The van der Waals surface area contributed by atoms with Gasteiger partial charge in [-0.25, -0.2) is 13.8 Å². The van der Waals surface area contributed by atoms with Gasteiger partial charge in [0.1, 0.15) is 24.1 Å². The molecule has 0 aromatic heterocycles. The van der Waals surface area contributed by atoms with Gasteiger partial charge in [-0.05, 0) is 61.0 Å². The Bertz CT molecular complexity index is 1550. The Morgan fingerprint density at radius 1 is 1.20 bits per heavy atom. The van der Waals surface area contributed by atoms with Crippen LogP contribution in [0.15, 0.2) is 70.7 Å². The summed E-state index contributed by atoms with van der Waals surface area (Å²) in [4.78, 5) is 23.3. The van der Waals surface area contributed by atoms with E-state index in [9.17, 15) is 23.3 Å². The summed E-state index contributed by atoms with van der Waals surface area (Å²) in [6.45, 7) is 0.774. The molecule has 40 heavy (non-hydrogen) atoms. The van der Waals surface area contributed by atoms with Crippen molar-refractivity contribution >= 4 is 56.9 Å². The number of ether oxygens (including phenoxy) is 2. The molecule has 1 aliphatic heterocycles. The standard InChI is InChI=1S/C26H25ClN4O7S2/c1-17-3-9-22(12-23(17)31(33)34)40(35,36)30(24-11-19(27)6-10-25(24)37-2)14-26(32)29-28-13-18-4-7-20(8-5-18)38-21-15-39-16-21/h3-13,21H,14-16H2,1-2H3,(H,29,32)/b28-13-. The number of rotatable bonds is 11. The third-order valence-corrected chi connectivity index (χ3v) is 9.06. The summed E-state index contributed by atoms with van der Waals surface area (Å²) in [6, 6.07) is 14.9. The molecule has 1 aliphatic rings. The van der Waals surface area contributed by atoms with Crippen molar-refractivity contribution in [1.29, 1.82) is 0 Å². The summed E-state index contributed by atoms with van der Waals surface area (Å²) in [7, 11) is -3.17. The maximum Gasteiger partial charge on any atom is 0.273 e. The van der Waals surface area contributed by atoms with Gasteiger partial charge in [0.25, 0.3) is 21.6 Å². The van der Waals surface area contributed by atoms with Gasteiger partial charge in [-0.2, -0.15) is 16.9 Å². The van der Waals surface area contributed by atoms with E-state index in [0.717, 1.165) is 27.6 Å². The zero-order chi connectivity index (χ0) is 28.9. The minimum atomic E-state index is -4.50. The zero-order valence-electron chi connectivity index (χ0n) is 21.4. The van der Waals surface area contributed by atoms with Crippen LogP contribution in [0.4, 0.5) is 11.4 Å². The van der Waals surface area contributed by atoms with Crippen LogP contribution >= 0.6 is 23.4 Å². The third kappa shape index (κ3) is 6.84. The summed E-state index contributed by atoms with van der Waals surface area (Å²) in [5, 5.41) is 15.6. The number of nitrogens with one attached hydrogen (secondary N) is 1. The molecule has 3 aromatic carbocycles. The van der Waals surface area contributed by atoms with Gasteiger partial charge in [0.2, 0.25) is 0 Å². The lowest BCUT2D eigenvalue weighted by atomic mass is 10.2. The largest absolute Gasteiger partial charge is 0.495 e. The van der Waals surface area contributed by atoms with Gasteiger partial charge in [-0.15, -0.1) is 0 Å². The summed E-state index contributed by atoms with van der Waals surface area (Å²) in [5.41, 5.74) is 2.88. The average Bonchev–Trinajstić information content (AvgIpc) is 2.90. The lowest BCUT2D eigenvalue weighted by Gasteiger charge is -2.25.